The number of hydrogen-bond acceptors (Lipinski definition) is 6. The molecule has 27 heavy (non-hydrogen) atoms. The molecule has 2 heterocycles. The minimum absolute atomic E-state index is 0.278. The topological polar surface area (TPSA) is 88.2 Å². The van der Waals surface area contributed by atoms with Crippen LogP contribution in [0, 0.1) is 0 Å². The van der Waals surface area contributed by atoms with Gasteiger partial charge in [0.15, 0.2) is 0 Å². The van der Waals surface area contributed by atoms with Gasteiger partial charge < -0.3 is 19.7 Å². The van der Waals surface area contributed by atoms with Crippen molar-refractivity contribution >= 4 is 29.2 Å². The van der Waals surface area contributed by atoms with Gasteiger partial charge >= 0.3 is 6.03 Å². The Labute approximate surface area is 162 Å². The normalized spacial score (nSPS) is 21.5. The summed E-state index contributed by atoms with van der Waals surface area (Å²) in [7, 11) is 3.11. The molecule has 1 aliphatic carbocycles. The van der Waals surface area contributed by atoms with E-state index in [2.05, 4.69) is 5.32 Å². The molecule has 0 radical (unpaired) electrons. The van der Waals surface area contributed by atoms with Crippen LogP contribution in [0.1, 0.15) is 23.3 Å². The Balaban J connectivity index is 1.75. The molecule has 1 atom stereocenters. The minimum atomic E-state index is -1.02. The molecule has 9 heteroatoms. The van der Waals surface area contributed by atoms with Crippen molar-refractivity contribution in [1.82, 2.24) is 15.1 Å². The molecule has 1 aromatic rings. The molecule has 1 spiro atoms. The van der Waals surface area contributed by atoms with Gasteiger partial charge in [0.1, 0.15) is 12.1 Å². The van der Waals surface area contributed by atoms with Crippen LogP contribution in [0.25, 0.3) is 0 Å². The second-order valence-corrected chi connectivity index (χ2v) is 7.70. The lowest BCUT2D eigenvalue weighted by Crippen LogP contribution is -2.47. The third kappa shape index (κ3) is 3.71. The molecule has 1 fully saturated rings. The summed E-state index contributed by atoms with van der Waals surface area (Å²) in [6, 6.07) is 1.40. The number of nitrogens with zero attached hydrogens (tertiary/aromatic N) is 2. The maximum absolute atomic E-state index is 13.2. The molecule has 1 aliphatic heterocycles. The van der Waals surface area contributed by atoms with E-state index >= 15 is 0 Å². The number of methoxy groups -OCH3 is 2. The van der Waals surface area contributed by atoms with Crippen LogP contribution in [0.2, 0.25) is 0 Å². The Morgan fingerprint density at radius 3 is 2.67 bits per heavy atom. The molecule has 1 saturated heterocycles. The summed E-state index contributed by atoms with van der Waals surface area (Å²) in [5, 5.41) is 4.81. The molecule has 0 aromatic carbocycles. The number of thiophene rings is 1. The van der Waals surface area contributed by atoms with E-state index < -0.39 is 11.6 Å². The number of ether oxygens (including phenoxy) is 2. The fraction of sp³-hybridized carbons (Fsp3) is 0.611. The summed E-state index contributed by atoms with van der Waals surface area (Å²) >= 11 is 1.60. The van der Waals surface area contributed by atoms with E-state index in [-0.39, 0.29) is 18.4 Å². The summed E-state index contributed by atoms with van der Waals surface area (Å²) in [6.45, 7) is 1.22. The standard InChI is InChI=1S/C18H25N3O5S/c1-25-9-7-20(8-10-26-2)15(22)12-21-16(23)18(19-17(21)24)6-3-4-14-13(18)5-11-27-14/h5,11H,3-4,6-10,12H2,1-2H3,(H,19,24)/t18-/m1/s1. The van der Waals surface area contributed by atoms with Crippen LogP contribution >= 0.6 is 11.3 Å². The second-order valence-electron chi connectivity index (χ2n) is 6.70. The number of amides is 4. The Morgan fingerprint density at radius 1 is 1.30 bits per heavy atom. The van der Waals surface area contributed by atoms with Gasteiger partial charge in [0.2, 0.25) is 5.91 Å². The Morgan fingerprint density at radius 2 is 2.00 bits per heavy atom. The Bertz CT molecular complexity index is 714. The minimum Gasteiger partial charge on any atom is -0.383 e. The number of imide groups is 1. The molecule has 4 amide bonds. The Kier molecular flexibility index (Phi) is 6.13. The van der Waals surface area contributed by atoms with Crippen molar-refractivity contribution in [3.63, 3.8) is 0 Å². The van der Waals surface area contributed by atoms with Crippen LogP contribution in [0.5, 0.6) is 0 Å². The van der Waals surface area contributed by atoms with Gasteiger partial charge in [-0.2, -0.15) is 0 Å². The number of nitrogens with one attached hydrogen (secondary N) is 1. The number of fused-ring (bicyclic) bond motifs is 2. The van der Waals surface area contributed by atoms with Gasteiger partial charge in [-0.3, -0.25) is 14.5 Å². The molecule has 3 rings (SSSR count). The van der Waals surface area contributed by atoms with E-state index in [0.717, 1.165) is 28.2 Å². The van der Waals surface area contributed by atoms with Crippen molar-refractivity contribution in [2.24, 2.45) is 0 Å². The van der Waals surface area contributed by atoms with Crippen molar-refractivity contribution in [1.29, 1.82) is 0 Å². The number of rotatable bonds is 8. The summed E-state index contributed by atoms with van der Waals surface area (Å²) < 4.78 is 10.1. The molecule has 0 unspecified atom stereocenters. The lowest BCUT2D eigenvalue weighted by atomic mass is 9.80. The molecule has 148 valence electrons. The van der Waals surface area contributed by atoms with E-state index in [1.165, 1.54) is 0 Å². The summed E-state index contributed by atoms with van der Waals surface area (Å²) in [6.07, 6.45) is 2.30. The van der Waals surface area contributed by atoms with E-state index in [4.69, 9.17) is 9.47 Å². The van der Waals surface area contributed by atoms with Crippen molar-refractivity contribution in [2.75, 3.05) is 47.1 Å². The van der Waals surface area contributed by atoms with Crippen LogP contribution in [0.4, 0.5) is 4.79 Å². The zero-order chi connectivity index (χ0) is 19.4. The number of carbonyl (C=O) groups excluding carboxylic acids is 3. The predicted octanol–water partition coefficient (Wildman–Crippen LogP) is 0.953. The first-order valence-corrected chi connectivity index (χ1v) is 9.88. The molecular weight excluding hydrogens is 370 g/mol. The Hall–Kier alpha value is -1.97. The van der Waals surface area contributed by atoms with E-state index in [1.54, 1.807) is 30.5 Å². The third-order valence-electron chi connectivity index (χ3n) is 5.11. The molecular formula is C18H25N3O5S. The first-order valence-electron chi connectivity index (χ1n) is 9.00. The van der Waals surface area contributed by atoms with E-state index in [1.807, 2.05) is 11.4 Å². The second kappa shape index (κ2) is 8.37. The average molecular weight is 395 g/mol. The van der Waals surface area contributed by atoms with Gasteiger partial charge in [0.25, 0.3) is 5.91 Å². The SMILES string of the molecule is COCCN(CCOC)C(=O)CN1C(=O)N[C@@]2(CCCc3sccc32)C1=O. The van der Waals surface area contributed by atoms with Gasteiger partial charge in [0, 0.05) is 37.7 Å². The monoisotopic (exact) mass is 395 g/mol. The van der Waals surface area contributed by atoms with Gasteiger partial charge in [-0.25, -0.2) is 4.79 Å². The summed E-state index contributed by atoms with van der Waals surface area (Å²) in [5.41, 5.74) is -0.142. The molecule has 0 saturated carbocycles. The lowest BCUT2D eigenvalue weighted by molar-refractivity contribution is -0.140. The molecule has 0 bridgehead atoms. The fourth-order valence-electron chi connectivity index (χ4n) is 3.68. The molecule has 2 aliphatic rings. The maximum atomic E-state index is 13.2. The number of aryl methyl sites for hydroxylation is 1. The number of carbonyl (C=O) groups is 3. The first-order chi connectivity index (χ1) is 13.0. The van der Waals surface area contributed by atoms with Crippen LogP contribution < -0.4 is 5.32 Å². The first kappa shape index (κ1) is 19.8. The van der Waals surface area contributed by atoms with Gasteiger partial charge in [0.05, 0.1) is 13.2 Å². The zero-order valence-electron chi connectivity index (χ0n) is 15.7. The highest BCUT2D eigenvalue weighted by Gasteiger charge is 2.54. The smallest absolute Gasteiger partial charge is 0.325 e. The van der Waals surface area contributed by atoms with Gasteiger partial charge in [-0.1, -0.05) is 0 Å². The predicted molar refractivity (Wildman–Crippen MR) is 99.5 cm³/mol. The highest BCUT2D eigenvalue weighted by Crippen LogP contribution is 2.42. The highest BCUT2D eigenvalue weighted by molar-refractivity contribution is 7.10. The van der Waals surface area contributed by atoms with Crippen LogP contribution in [-0.2, 0) is 31.0 Å². The van der Waals surface area contributed by atoms with Gasteiger partial charge in [-0.05, 0) is 30.7 Å². The maximum Gasteiger partial charge on any atom is 0.325 e. The third-order valence-corrected chi connectivity index (χ3v) is 6.09. The highest BCUT2D eigenvalue weighted by atomic mass is 32.1. The van der Waals surface area contributed by atoms with E-state index in [9.17, 15) is 14.4 Å². The zero-order valence-corrected chi connectivity index (χ0v) is 16.5. The van der Waals surface area contributed by atoms with Crippen molar-refractivity contribution in [2.45, 2.75) is 24.8 Å². The summed E-state index contributed by atoms with van der Waals surface area (Å²) in [4.78, 5) is 42.2. The van der Waals surface area contributed by atoms with Crippen LogP contribution in [0.3, 0.4) is 0 Å². The summed E-state index contributed by atoms with van der Waals surface area (Å²) in [5.74, 6) is -0.635. The van der Waals surface area contributed by atoms with E-state index in [0.29, 0.717) is 32.7 Å². The fourth-order valence-corrected chi connectivity index (χ4v) is 4.68. The van der Waals surface area contributed by atoms with Crippen LogP contribution in [0.15, 0.2) is 11.4 Å². The lowest BCUT2D eigenvalue weighted by Gasteiger charge is -2.31. The van der Waals surface area contributed by atoms with Gasteiger partial charge in [-0.15, -0.1) is 11.3 Å². The largest absolute Gasteiger partial charge is 0.383 e. The average Bonchev–Trinajstić information content (AvgIpc) is 3.22. The van der Waals surface area contributed by atoms with Crippen molar-refractivity contribution in [3.05, 3.63) is 21.9 Å². The number of hydrogen-bond donors (Lipinski definition) is 1. The van der Waals surface area contributed by atoms with Crippen molar-refractivity contribution in [3.8, 4) is 0 Å². The number of urea groups is 1. The van der Waals surface area contributed by atoms with Crippen LogP contribution in [-0.4, -0.2) is 74.7 Å². The van der Waals surface area contributed by atoms with Crippen molar-refractivity contribution < 1.29 is 23.9 Å². The molecule has 1 aromatic heterocycles. The molecule has 8 nitrogen and oxygen atoms in total. The molecule has 1 N–H and O–H groups in total. The quantitative estimate of drug-likeness (QED) is 0.662.